The molecule has 2 aromatic heterocycles. The number of amides is 1. The Bertz CT molecular complexity index is 1180. The first kappa shape index (κ1) is 27.4. The number of likely N-dealkylation sites (tertiary alicyclic amines) is 1. The SMILES string of the molecule is O.O.O=C(c1nn(C2CCCN(CCCn3cccc3)C2)c2c1CSc1ccccc1-2)N1CCOCC1. The third-order valence-electron chi connectivity index (χ3n) is 7.41. The van der Waals surface area contributed by atoms with Crippen molar-refractivity contribution in [2.24, 2.45) is 0 Å². The molecular weight excluding hydrogens is 490 g/mol. The average Bonchev–Trinajstić information content (AvgIpc) is 3.57. The number of rotatable bonds is 6. The van der Waals surface area contributed by atoms with E-state index >= 15 is 0 Å². The quantitative estimate of drug-likeness (QED) is 0.488. The van der Waals surface area contributed by atoms with Crippen LogP contribution in [-0.2, 0) is 17.0 Å². The van der Waals surface area contributed by atoms with Gasteiger partial charge in [0.05, 0.1) is 24.9 Å². The lowest BCUT2D eigenvalue weighted by Crippen LogP contribution is -2.41. The highest BCUT2D eigenvalue weighted by Gasteiger charge is 2.34. The molecule has 37 heavy (non-hydrogen) atoms. The van der Waals surface area contributed by atoms with Crippen LogP contribution < -0.4 is 0 Å². The molecule has 0 aliphatic carbocycles. The number of benzene rings is 1. The van der Waals surface area contributed by atoms with Crippen LogP contribution in [0.5, 0.6) is 0 Å². The lowest BCUT2D eigenvalue weighted by atomic mass is 10.0. The van der Waals surface area contributed by atoms with Gasteiger partial charge in [0.15, 0.2) is 5.69 Å². The predicted molar refractivity (Wildman–Crippen MR) is 145 cm³/mol. The molecule has 1 aromatic carbocycles. The van der Waals surface area contributed by atoms with Crippen LogP contribution >= 0.6 is 11.8 Å². The Hall–Kier alpha value is -2.63. The van der Waals surface area contributed by atoms with Crippen LogP contribution in [0.3, 0.4) is 0 Å². The molecule has 10 heteroatoms. The van der Waals surface area contributed by atoms with E-state index in [1.54, 1.807) is 0 Å². The van der Waals surface area contributed by atoms with Crippen molar-refractivity contribution < 1.29 is 20.5 Å². The van der Waals surface area contributed by atoms with E-state index in [0.29, 0.717) is 32.0 Å². The maximum Gasteiger partial charge on any atom is 0.274 e. The lowest BCUT2D eigenvalue weighted by molar-refractivity contribution is 0.0297. The van der Waals surface area contributed by atoms with Crippen molar-refractivity contribution in [3.05, 3.63) is 60.0 Å². The number of piperidine rings is 1. The Labute approximate surface area is 222 Å². The Balaban J connectivity index is 0.00000160. The van der Waals surface area contributed by atoms with Crippen LogP contribution in [0.1, 0.15) is 41.4 Å². The molecule has 3 aliphatic heterocycles. The maximum absolute atomic E-state index is 13.6. The number of fused-ring (bicyclic) bond motifs is 3. The molecule has 6 rings (SSSR count). The van der Waals surface area contributed by atoms with Gasteiger partial charge in [-0.2, -0.15) is 5.10 Å². The minimum absolute atomic E-state index is 0. The van der Waals surface area contributed by atoms with Crippen LogP contribution in [-0.4, -0.2) is 86.9 Å². The van der Waals surface area contributed by atoms with Crippen LogP contribution in [0.25, 0.3) is 11.3 Å². The summed E-state index contributed by atoms with van der Waals surface area (Å²) in [6.45, 7) is 6.75. The monoisotopic (exact) mass is 527 g/mol. The molecule has 9 nitrogen and oxygen atoms in total. The van der Waals surface area contributed by atoms with E-state index in [9.17, 15) is 4.79 Å². The first-order valence-corrected chi connectivity index (χ1v) is 13.8. The molecule has 1 atom stereocenters. The first-order chi connectivity index (χ1) is 17.3. The number of carbonyl (C=O) groups is 1. The highest BCUT2D eigenvalue weighted by Crippen LogP contribution is 2.44. The van der Waals surface area contributed by atoms with Gasteiger partial charge in [-0.3, -0.25) is 9.48 Å². The normalized spacial score (nSPS) is 19.4. The smallest absolute Gasteiger partial charge is 0.274 e. The Morgan fingerprint density at radius 3 is 2.62 bits per heavy atom. The molecule has 2 fully saturated rings. The van der Waals surface area contributed by atoms with Crippen molar-refractivity contribution in [1.82, 2.24) is 24.1 Å². The zero-order valence-corrected chi connectivity index (χ0v) is 22.0. The van der Waals surface area contributed by atoms with E-state index in [2.05, 4.69) is 62.9 Å². The second-order valence-corrected chi connectivity index (χ2v) is 10.7. The number of morpholine rings is 1. The van der Waals surface area contributed by atoms with Gasteiger partial charge in [0.2, 0.25) is 0 Å². The zero-order chi connectivity index (χ0) is 23.6. The van der Waals surface area contributed by atoms with Gasteiger partial charge in [-0.1, -0.05) is 18.2 Å². The summed E-state index contributed by atoms with van der Waals surface area (Å²) in [7, 11) is 0. The number of ether oxygens (including phenoxy) is 1. The van der Waals surface area contributed by atoms with Gasteiger partial charge in [0, 0.05) is 60.3 Å². The highest BCUT2D eigenvalue weighted by atomic mass is 32.2. The fourth-order valence-corrected chi connectivity index (χ4v) is 6.68. The van der Waals surface area contributed by atoms with Gasteiger partial charge >= 0.3 is 0 Å². The van der Waals surface area contributed by atoms with Gasteiger partial charge in [-0.15, -0.1) is 11.8 Å². The Kier molecular flexibility index (Phi) is 9.09. The molecular formula is C27H37N5O4S. The van der Waals surface area contributed by atoms with Crippen LogP contribution in [0.2, 0.25) is 0 Å². The summed E-state index contributed by atoms with van der Waals surface area (Å²) in [4.78, 5) is 19.3. The molecule has 1 amide bonds. The topological polar surface area (TPSA) is 119 Å². The van der Waals surface area contributed by atoms with Gasteiger partial charge < -0.3 is 30.1 Å². The van der Waals surface area contributed by atoms with Gasteiger partial charge in [0.25, 0.3) is 5.91 Å². The number of aromatic nitrogens is 3. The number of hydrogen-bond acceptors (Lipinski definition) is 5. The maximum atomic E-state index is 13.6. The average molecular weight is 528 g/mol. The lowest BCUT2D eigenvalue weighted by Gasteiger charge is -2.34. The third kappa shape index (κ3) is 5.63. The molecule has 200 valence electrons. The number of nitrogens with zero attached hydrogens (tertiary/aromatic N) is 5. The van der Waals surface area contributed by atoms with E-state index in [1.165, 1.54) is 10.5 Å². The molecule has 2 saturated heterocycles. The van der Waals surface area contributed by atoms with Crippen molar-refractivity contribution >= 4 is 17.7 Å². The van der Waals surface area contributed by atoms with E-state index in [0.717, 1.165) is 62.5 Å². The molecule has 5 heterocycles. The first-order valence-electron chi connectivity index (χ1n) is 12.8. The molecule has 0 radical (unpaired) electrons. The van der Waals surface area contributed by atoms with Gasteiger partial charge in [-0.25, -0.2) is 0 Å². The van der Waals surface area contributed by atoms with Crippen LogP contribution in [0.15, 0.2) is 53.7 Å². The molecule has 1 unspecified atom stereocenters. The highest BCUT2D eigenvalue weighted by molar-refractivity contribution is 7.98. The standard InChI is InChI=1S/C27H33N5O2S.2H2O/c33-27(31-15-17-34-18-16-31)25-23-20-35-24-9-2-1-8-22(24)26(23)32(28-25)21-7-5-12-30(19-21)14-6-13-29-10-3-4-11-29;;/h1-4,8-11,21H,5-7,12-20H2;2*1H2. The number of thioether (sulfide) groups is 1. The molecule has 4 N–H and O–H groups in total. The minimum Gasteiger partial charge on any atom is -0.412 e. The third-order valence-corrected chi connectivity index (χ3v) is 8.51. The number of aryl methyl sites for hydroxylation is 1. The van der Waals surface area contributed by atoms with Crippen LogP contribution in [0.4, 0.5) is 0 Å². The van der Waals surface area contributed by atoms with Crippen molar-refractivity contribution in [3.8, 4) is 11.3 Å². The molecule has 0 bridgehead atoms. The summed E-state index contributed by atoms with van der Waals surface area (Å²) < 4.78 is 9.96. The van der Waals surface area contributed by atoms with Crippen molar-refractivity contribution in [3.63, 3.8) is 0 Å². The van der Waals surface area contributed by atoms with Crippen molar-refractivity contribution in [2.45, 2.75) is 42.5 Å². The van der Waals surface area contributed by atoms with Crippen molar-refractivity contribution in [2.75, 3.05) is 45.9 Å². The minimum atomic E-state index is 0. The number of carbonyl (C=O) groups excluding carboxylic acids is 1. The van der Waals surface area contributed by atoms with E-state index in [-0.39, 0.29) is 22.9 Å². The summed E-state index contributed by atoms with van der Waals surface area (Å²) in [5, 5.41) is 5.09. The molecule has 3 aliphatic rings. The summed E-state index contributed by atoms with van der Waals surface area (Å²) in [6, 6.07) is 13.0. The zero-order valence-electron chi connectivity index (χ0n) is 21.1. The second kappa shape index (κ2) is 12.3. The van der Waals surface area contributed by atoms with Crippen LogP contribution in [0, 0.1) is 0 Å². The van der Waals surface area contributed by atoms with Gasteiger partial charge in [0.1, 0.15) is 0 Å². The predicted octanol–water partition coefficient (Wildman–Crippen LogP) is 2.51. The fourth-order valence-electron chi connectivity index (χ4n) is 5.61. The molecule has 3 aromatic rings. The molecule has 0 spiro atoms. The summed E-state index contributed by atoms with van der Waals surface area (Å²) >= 11 is 1.82. The van der Waals surface area contributed by atoms with E-state index in [1.807, 2.05) is 16.7 Å². The number of hydrogen-bond donors (Lipinski definition) is 0. The Morgan fingerprint density at radius 1 is 1.03 bits per heavy atom. The Morgan fingerprint density at radius 2 is 1.81 bits per heavy atom. The largest absolute Gasteiger partial charge is 0.412 e. The van der Waals surface area contributed by atoms with E-state index in [4.69, 9.17) is 9.84 Å². The summed E-state index contributed by atoms with van der Waals surface area (Å²) in [5.41, 5.74) is 4.13. The van der Waals surface area contributed by atoms with Crippen molar-refractivity contribution in [1.29, 1.82) is 0 Å². The summed E-state index contributed by atoms with van der Waals surface area (Å²) in [6.07, 6.45) is 7.67. The van der Waals surface area contributed by atoms with Gasteiger partial charge in [-0.05, 0) is 50.6 Å². The van der Waals surface area contributed by atoms with E-state index < -0.39 is 0 Å². The summed E-state index contributed by atoms with van der Waals surface area (Å²) in [5.74, 6) is 0.855. The second-order valence-electron chi connectivity index (χ2n) is 9.68. The molecule has 0 saturated carbocycles. The fraction of sp³-hybridized carbons (Fsp3) is 0.481.